The molecule has 1 aliphatic rings. The maximum atomic E-state index is 12.7. The fourth-order valence-corrected chi connectivity index (χ4v) is 3.56. The Hall–Kier alpha value is -2.78. The van der Waals surface area contributed by atoms with Crippen LogP contribution < -0.4 is 25.2 Å². The Kier molecular flexibility index (Phi) is 5.52. The Bertz CT molecular complexity index is 946. The van der Waals surface area contributed by atoms with Gasteiger partial charge in [0, 0.05) is 29.9 Å². The molecule has 0 fully saturated rings. The number of sulfonamides is 1. The van der Waals surface area contributed by atoms with Crippen LogP contribution in [0.4, 0.5) is 5.69 Å². The summed E-state index contributed by atoms with van der Waals surface area (Å²) in [6, 6.07) is 10.5. The van der Waals surface area contributed by atoms with E-state index >= 15 is 0 Å². The summed E-state index contributed by atoms with van der Waals surface area (Å²) in [5.74, 6) is 0.564. The molecule has 0 aromatic heterocycles. The summed E-state index contributed by atoms with van der Waals surface area (Å²) in [5.41, 5.74) is 6.11. The average molecular weight is 391 g/mol. The molecule has 0 saturated heterocycles. The first-order chi connectivity index (χ1) is 12.9. The SMILES string of the molecule is C[C@@H](CN)NC(=O)c1cccc(NS(=O)(=O)c2ccc3c(c2)OCCO3)c1. The van der Waals surface area contributed by atoms with Gasteiger partial charge in [-0.25, -0.2) is 8.42 Å². The molecule has 2 aromatic rings. The van der Waals surface area contributed by atoms with Crippen molar-refractivity contribution in [3.8, 4) is 11.5 Å². The van der Waals surface area contributed by atoms with E-state index in [1.165, 1.54) is 18.2 Å². The lowest BCUT2D eigenvalue weighted by Crippen LogP contribution is -2.37. The van der Waals surface area contributed by atoms with Gasteiger partial charge in [-0.15, -0.1) is 0 Å². The van der Waals surface area contributed by atoms with Gasteiger partial charge in [-0.1, -0.05) is 6.07 Å². The van der Waals surface area contributed by atoms with E-state index < -0.39 is 10.0 Å². The number of fused-ring (bicyclic) bond motifs is 1. The summed E-state index contributed by atoms with van der Waals surface area (Å²) in [6.45, 7) is 2.88. The first-order valence-electron chi connectivity index (χ1n) is 8.42. The topological polar surface area (TPSA) is 120 Å². The summed E-state index contributed by atoms with van der Waals surface area (Å²) in [5, 5.41) is 2.73. The zero-order valence-corrected chi connectivity index (χ0v) is 15.6. The molecular formula is C18H21N3O5S. The van der Waals surface area contributed by atoms with Crippen LogP contribution in [-0.4, -0.2) is 40.1 Å². The second kappa shape index (κ2) is 7.85. The normalized spacial score (nSPS) is 14.3. The van der Waals surface area contributed by atoms with E-state index in [-0.39, 0.29) is 22.5 Å². The minimum atomic E-state index is -3.85. The third-order valence-electron chi connectivity index (χ3n) is 3.93. The van der Waals surface area contributed by atoms with Crippen LogP contribution in [-0.2, 0) is 10.0 Å². The highest BCUT2D eigenvalue weighted by molar-refractivity contribution is 7.92. The molecule has 9 heteroatoms. The third-order valence-corrected chi connectivity index (χ3v) is 5.31. The fourth-order valence-electron chi connectivity index (χ4n) is 2.49. The molecular weight excluding hydrogens is 370 g/mol. The molecule has 3 rings (SSSR count). The molecule has 4 N–H and O–H groups in total. The smallest absolute Gasteiger partial charge is 0.262 e. The van der Waals surface area contributed by atoms with Crippen LogP contribution in [0.3, 0.4) is 0 Å². The molecule has 0 radical (unpaired) electrons. The standard InChI is InChI=1S/C18H21N3O5S/c1-12(11-19)20-18(22)13-3-2-4-14(9-13)21-27(23,24)15-5-6-16-17(10-15)26-8-7-25-16/h2-6,9-10,12,21H,7-8,11,19H2,1H3,(H,20,22)/t12-/m0/s1. The van der Waals surface area contributed by atoms with Crippen molar-refractivity contribution < 1.29 is 22.7 Å². The molecule has 0 saturated carbocycles. The van der Waals surface area contributed by atoms with Crippen molar-refractivity contribution in [2.45, 2.75) is 17.9 Å². The number of carbonyl (C=O) groups excluding carboxylic acids is 1. The number of benzene rings is 2. The van der Waals surface area contributed by atoms with Crippen molar-refractivity contribution in [1.29, 1.82) is 0 Å². The number of nitrogens with one attached hydrogen (secondary N) is 2. The molecule has 0 aliphatic carbocycles. The Morgan fingerprint density at radius 1 is 1.15 bits per heavy atom. The number of hydrogen-bond donors (Lipinski definition) is 3. The van der Waals surface area contributed by atoms with E-state index in [2.05, 4.69) is 10.0 Å². The highest BCUT2D eigenvalue weighted by Gasteiger charge is 2.20. The van der Waals surface area contributed by atoms with E-state index in [1.807, 2.05) is 0 Å². The predicted octanol–water partition coefficient (Wildman–Crippen LogP) is 1.34. The lowest BCUT2D eigenvalue weighted by Gasteiger charge is -2.19. The molecule has 0 unspecified atom stereocenters. The van der Waals surface area contributed by atoms with Crippen molar-refractivity contribution in [3.05, 3.63) is 48.0 Å². The van der Waals surface area contributed by atoms with Crippen LogP contribution in [0.2, 0.25) is 0 Å². The first-order valence-corrected chi connectivity index (χ1v) is 9.91. The van der Waals surface area contributed by atoms with Crippen LogP contribution in [0.25, 0.3) is 0 Å². The molecule has 2 aromatic carbocycles. The molecule has 144 valence electrons. The van der Waals surface area contributed by atoms with Crippen LogP contribution in [0.15, 0.2) is 47.4 Å². The maximum absolute atomic E-state index is 12.7. The van der Waals surface area contributed by atoms with Crippen LogP contribution in [0.5, 0.6) is 11.5 Å². The summed E-state index contributed by atoms with van der Waals surface area (Å²) in [6.07, 6.45) is 0. The second-order valence-electron chi connectivity index (χ2n) is 6.10. The zero-order chi connectivity index (χ0) is 19.4. The molecule has 0 spiro atoms. The third kappa shape index (κ3) is 4.50. The number of rotatable bonds is 6. The van der Waals surface area contributed by atoms with E-state index in [0.29, 0.717) is 36.8 Å². The second-order valence-corrected chi connectivity index (χ2v) is 7.78. The Balaban J connectivity index is 1.80. The Morgan fingerprint density at radius 3 is 2.63 bits per heavy atom. The Morgan fingerprint density at radius 2 is 1.89 bits per heavy atom. The van der Waals surface area contributed by atoms with Crippen LogP contribution in [0, 0.1) is 0 Å². The number of amides is 1. The number of ether oxygens (including phenoxy) is 2. The summed E-state index contributed by atoms with van der Waals surface area (Å²) < 4.78 is 38.6. The number of hydrogen-bond acceptors (Lipinski definition) is 6. The van der Waals surface area contributed by atoms with Gasteiger partial charge in [0.05, 0.1) is 4.90 Å². The summed E-state index contributed by atoms with van der Waals surface area (Å²) in [7, 11) is -3.85. The molecule has 8 nitrogen and oxygen atoms in total. The molecule has 0 bridgehead atoms. The van der Waals surface area contributed by atoms with Gasteiger partial charge >= 0.3 is 0 Å². The summed E-state index contributed by atoms with van der Waals surface area (Å²) >= 11 is 0. The zero-order valence-electron chi connectivity index (χ0n) is 14.8. The van der Waals surface area contributed by atoms with Crippen molar-refractivity contribution in [3.63, 3.8) is 0 Å². The summed E-state index contributed by atoms with van der Waals surface area (Å²) in [4.78, 5) is 12.2. The van der Waals surface area contributed by atoms with Crippen molar-refractivity contribution in [2.24, 2.45) is 5.73 Å². The van der Waals surface area contributed by atoms with Gasteiger partial charge in [0.1, 0.15) is 13.2 Å². The molecule has 27 heavy (non-hydrogen) atoms. The van der Waals surface area contributed by atoms with Gasteiger partial charge < -0.3 is 20.5 Å². The number of anilines is 1. The van der Waals surface area contributed by atoms with Crippen molar-refractivity contribution >= 4 is 21.6 Å². The predicted molar refractivity (Wildman–Crippen MR) is 101 cm³/mol. The highest BCUT2D eigenvalue weighted by atomic mass is 32.2. The lowest BCUT2D eigenvalue weighted by atomic mass is 10.2. The minimum Gasteiger partial charge on any atom is -0.486 e. The van der Waals surface area contributed by atoms with Gasteiger partial charge in [-0.3, -0.25) is 9.52 Å². The van der Waals surface area contributed by atoms with Gasteiger partial charge in [0.2, 0.25) is 0 Å². The van der Waals surface area contributed by atoms with E-state index in [1.54, 1.807) is 31.2 Å². The van der Waals surface area contributed by atoms with E-state index in [0.717, 1.165) is 0 Å². The van der Waals surface area contributed by atoms with Gasteiger partial charge in [-0.2, -0.15) is 0 Å². The van der Waals surface area contributed by atoms with Gasteiger partial charge in [-0.05, 0) is 37.3 Å². The van der Waals surface area contributed by atoms with E-state index in [4.69, 9.17) is 15.2 Å². The molecule has 1 aliphatic heterocycles. The van der Waals surface area contributed by atoms with Gasteiger partial charge in [0.15, 0.2) is 11.5 Å². The first kappa shape index (κ1) is 19.0. The number of nitrogens with two attached hydrogens (primary N) is 1. The van der Waals surface area contributed by atoms with Crippen molar-refractivity contribution in [2.75, 3.05) is 24.5 Å². The fraction of sp³-hybridized carbons (Fsp3) is 0.278. The lowest BCUT2D eigenvalue weighted by molar-refractivity contribution is 0.0941. The molecule has 1 heterocycles. The monoisotopic (exact) mass is 391 g/mol. The van der Waals surface area contributed by atoms with E-state index in [9.17, 15) is 13.2 Å². The largest absolute Gasteiger partial charge is 0.486 e. The van der Waals surface area contributed by atoms with Gasteiger partial charge in [0.25, 0.3) is 15.9 Å². The van der Waals surface area contributed by atoms with Crippen molar-refractivity contribution in [1.82, 2.24) is 5.32 Å². The Labute approximate surface area is 157 Å². The molecule has 1 amide bonds. The maximum Gasteiger partial charge on any atom is 0.262 e. The average Bonchev–Trinajstić information content (AvgIpc) is 2.67. The number of carbonyl (C=O) groups is 1. The minimum absolute atomic E-state index is 0.0401. The van der Waals surface area contributed by atoms with Crippen LogP contribution >= 0.6 is 0 Å². The van der Waals surface area contributed by atoms with Crippen LogP contribution in [0.1, 0.15) is 17.3 Å². The quantitative estimate of drug-likeness (QED) is 0.683. The molecule has 1 atom stereocenters. The highest BCUT2D eigenvalue weighted by Crippen LogP contribution is 2.32.